The Morgan fingerprint density at radius 1 is 1.33 bits per heavy atom. The Labute approximate surface area is 123 Å². The minimum atomic E-state index is 0.543. The van der Waals surface area contributed by atoms with Gasteiger partial charge in [0.1, 0.15) is 12.2 Å². The molecule has 0 bridgehead atoms. The lowest BCUT2D eigenvalue weighted by Crippen LogP contribution is -2.37. The van der Waals surface area contributed by atoms with Crippen LogP contribution in [0.3, 0.4) is 0 Å². The van der Waals surface area contributed by atoms with E-state index in [0.29, 0.717) is 24.9 Å². The van der Waals surface area contributed by atoms with Crippen molar-refractivity contribution in [2.75, 3.05) is 14.2 Å². The second kappa shape index (κ2) is 7.22. The molecule has 0 aromatic carbocycles. The average Bonchev–Trinajstić information content (AvgIpc) is 2.93. The van der Waals surface area contributed by atoms with Crippen molar-refractivity contribution >= 4 is 5.96 Å². The molecule has 0 aliphatic carbocycles. The maximum absolute atomic E-state index is 5.09. The predicted octanol–water partition coefficient (Wildman–Crippen LogP) is 0.0839. The van der Waals surface area contributed by atoms with Crippen molar-refractivity contribution in [2.24, 2.45) is 12.0 Å². The molecule has 0 spiro atoms. The van der Waals surface area contributed by atoms with Crippen LogP contribution >= 0.6 is 0 Å². The van der Waals surface area contributed by atoms with Crippen LogP contribution in [0.4, 0.5) is 0 Å². The van der Waals surface area contributed by atoms with Gasteiger partial charge < -0.3 is 15.4 Å². The summed E-state index contributed by atoms with van der Waals surface area (Å²) in [6, 6.07) is 5.63. The lowest BCUT2D eigenvalue weighted by Gasteiger charge is -2.11. The molecule has 2 rings (SSSR count). The van der Waals surface area contributed by atoms with Gasteiger partial charge in [0.2, 0.25) is 5.88 Å². The predicted molar refractivity (Wildman–Crippen MR) is 78.8 cm³/mol. The van der Waals surface area contributed by atoms with E-state index in [1.807, 2.05) is 25.2 Å². The van der Waals surface area contributed by atoms with Gasteiger partial charge in [-0.3, -0.25) is 9.67 Å². The molecule has 0 unspecified atom stereocenters. The van der Waals surface area contributed by atoms with Crippen molar-refractivity contribution < 1.29 is 4.74 Å². The first kappa shape index (κ1) is 14.8. The molecule has 0 fully saturated rings. The first-order valence-corrected chi connectivity index (χ1v) is 6.50. The number of hydrogen-bond donors (Lipinski definition) is 2. The van der Waals surface area contributed by atoms with E-state index in [1.165, 1.54) is 6.33 Å². The summed E-state index contributed by atoms with van der Waals surface area (Å²) in [5.74, 6) is 2.09. The van der Waals surface area contributed by atoms with E-state index < -0.39 is 0 Å². The largest absolute Gasteiger partial charge is 0.481 e. The van der Waals surface area contributed by atoms with E-state index in [1.54, 1.807) is 18.8 Å². The summed E-state index contributed by atoms with van der Waals surface area (Å²) in [5, 5.41) is 10.4. The third-order valence-electron chi connectivity index (χ3n) is 2.87. The van der Waals surface area contributed by atoms with E-state index in [2.05, 4.69) is 30.7 Å². The quantitative estimate of drug-likeness (QED) is 0.599. The minimum absolute atomic E-state index is 0.543. The second-order valence-electron chi connectivity index (χ2n) is 4.25. The van der Waals surface area contributed by atoms with Crippen LogP contribution in [-0.2, 0) is 20.1 Å². The highest BCUT2D eigenvalue weighted by molar-refractivity contribution is 5.79. The molecule has 2 aromatic rings. The fraction of sp³-hybridized carbons (Fsp3) is 0.385. The smallest absolute Gasteiger partial charge is 0.213 e. The van der Waals surface area contributed by atoms with Crippen LogP contribution in [-0.4, -0.2) is 39.9 Å². The van der Waals surface area contributed by atoms with E-state index in [9.17, 15) is 0 Å². The summed E-state index contributed by atoms with van der Waals surface area (Å²) in [6.07, 6.45) is 1.52. The van der Waals surface area contributed by atoms with Crippen molar-refractivity contribution in [3.8, 4) is 5.88 Å². The molecular weight excluding hydrogens is 270 g/mol. The van der Waals surface area contributed by atoms with Gasteiger partial charge in [-0.15, -0.1) is 0 Å². The van der Waals surface area contributed by atoms with Crippen molar-refractivity contribution in [2.45, 2.75) is 13.1 Å². The standard InChI is InChI=1S/C13H19N7O/c1-14-13(16-8-11-17-9-18-20(11)2)15-7-10-5-4-6-12(19-10)21-3/h4-6,9H,7-8H2,1-3H3,(H2,14,15,16). The topological polar surface area (TPSA) is 89.2 Å². The molecule has 0 aliphatic heterocycles. The highest BCUT2D eigenvalue weighted by Gasteiger charge is 2.03. The highest BCUT2D eigenvalue weighted by atomic mass is 16.5. The number of aryl methyl sites for hydroxylation is 1. The molecule has 0 amide bonds. The first-order valence-electron chi connectivity index (χ1n) is 6.50. The van der Waals surface area contributed by atoms with Crippen molar-refractivity contribution in [1.82, 2.24) is 30.4 Å². The second-order valence-corrected chi connectivity index (χ2v) is 4.25. The summed E-state index contributed by atoms with van der Waals surface area (Å²) < 4.78 is 6.81. The van der Waals surface area contributed by atoms with Gasteiger partial charge in [-0.05, 0) is 6.07 Å². The van der Waals surface area contributed by atoms with Crippen LogP contribution in [0.25, 0.3) is 0 Å². The Hall–Kier alpha value is -2.64. The third kappa shape index (κ3) is 4.16. The summed E-state index contributed by atoms with van der Waals surface area (Å²) >= 11 is 0. The Bertz CT molecular complexity index is 608. The number of pyridine rings is 1. The lowest BCUT2D eigenvalue weighted by atomic mass is 10.3. The fourth-order valence-electron chi connectivity index (χ4n) is 1.71. The molecule has 2 N–H and O–H groups in total. The number of aromatic nitrogens is 4. The van der Waals surface area contributed by atoms with Gasteiger partial charge in [0.05, 0.1) is 25.9 Å². The normalized spacial score (nSPS) is 11.3. The monoisotopic (exact) mass is 289 g/mol. The maximum Gasteiger partial charge on any atom is 0.213 e. The lowest BCUT2D eigenvalue weighted by molar-refractivity contribution is 0.396. The number of methoxy groups -OCH3 is 1. The molecule has 21 heavy (non-hydrogen) atoms. The Morgan fingerprint density at radius 2 is 2.14 bits per heavy atom. The van der Waals surface area contributed by atoms with Crippen LogP contribution in [0.15, 0.2) is 29.5 Å². The van der Waals surface area contributed by atoms with Gasteiger partial charge in [0.25, 0.3) is 0 Å². The van der Waals surface area contributed by atoms with Crippen molar-refractivity contribution in [3.05, 3.63) is 36.0 Å². The molecule has 0 saturated carbocycles. The van der Waals surface area contributed by atoms with Crippen molar-refractivity contribution in [1.29, 1.82) is 0 Å². The maximum atomic E-state index is 5.09. The number of nitrogens with zero attached hydrogens (tertiary/aromatic N) is 5. The molecule has 0 saturated heterocycles. The van der Waals surface area contributed by atoms with E-state index >= 15 is 0 Å². The zero-order valence-electron chi connectivity index (χ0n) is 12.4. The molecule has 0 atom stereocenters. The van der Waals surface area contributed by atoms with E-state index in [-0.39, 0.29) is 0 Å². The zero-order chi connectivity index (χ0) is 15.1. The summed E-state index contributed by atoms with van der Waals surface area (Å²) in [4.78, 5) is 12.6. The molecule has 8 heteroatoms. The Kier molecular flexibility index (Phi) is 5.08. The third-order valence-corrected chi connectivity index (χ3v) is 2.87. The summed E-state index contributed by atoms with van der Waals surface area (Å²) in [6.45, 7) is 1.09. The fourth-order valence-corrected chi connectivity index (χ4v) is 1.71. The summed E-state index contributed by atoms with van der Waals surface area (Å²) in [5.41, 5.74) is 0.871. The SMILES string of the molecule is CN=C(NCc1cccc(OC)n1)NCc1ncnn1C. The molecule has 2 heterocycles. The molecule has 8 nitrogen and oxygen atoms in total. The van der Waals surface area contributed by atoms with Gasteiger partial charge in [-0.1, -0.05) is 6.07 Å². The van der Waals surface area contributed by atoms with Gasteiger partial charge in [-0.25, -0.2) is 9.97 Å². The van der Waals surface area contributed by atoms with Crippen LogP contribution in [0.1, 0.15) is 11.5 Å². The van der Waals surface area contributed by atoms with E-state index in [4.69, 9.17) is 4.74 Å². The number of aliphatic imine (C=N–C) groups is 1. The molecule has 0 radical (unpaired) electrons. The number of rotatable bonds is 5. The minimum Gasteiger partial charge on any atom is -0.481 e. The Morgan fingerprint density at radius 3 is 2.81 bits per heavy atom. The molecule has 2 aromatic heterocycles. The number of ether oxygens (including phenoxy) is 1. The first-order chi connectivity index (χ1) is 10.2. The number of hydrogen-bond acceptors (Lipinski definition) is 5. The van der Waals surface area contributed by atoms with Crippen molar-refractivity contribution in [3.63, 3.8) is 0 Å². The van der Waals surface area contributed by atoms with Gasteiger partial charge >= 0.3 is 0 Å². The molecule has 0 aliphatic rings. The average molecular weight is 289 g/mol. The molecular formula is C13H19N7O. The van der Waals surface area contributed by atoms with E-state index in [0.717, 1.165) is 11.5 Å². The van der Waals surface area contributed by atoms with Crippen LogP contribution < -0.4 is 15.4 Å². The van der Waals surface area contributed by atoms with Gasteiger partial charge in [0.15, 0.2) is 5.96 Å². The molecule has 112 valence electrons. The van der Waals surface area contributed by atoms with Crippen LogP contribution in [0.5, 0.6) is 5.88 Å². The van der Waals surface area contributed by atoms with Crippen LogP contribution in [0, 0.1) is 0 Å². The number of guanidine groups is 1. The van der Waals surface area contributed by atoms with Gasteiger partial charge in [0, 0.05) is 20.2 Å². The zero-order valence-corrected chi connectivity index (χ0v) is 12.4. The summed E-state index contributed by atoms with van der Waals surface area (Å²) in [7, 11) is 5.16. The van der Waals surface area contributed by atoms with Crippen LogP contribution in [0.2, 0.25) is 0 Å². The number of nitrogens with one attached hydrogen (secondary N) is 2. The highest BCUT2D eigenvalue weighted by Crippen LogP contribution is 2.05. The Balaban J connectivity index is 1.86. The van der Waals surface area contributed by atoms with Gasteiger partial charge in [-0.2, -0.15) is 5.10 Å².